The van der Waals surface area contributed by atoms with Gasteiger partial charge in [-0.25, -0.2) is 17.2 Å². The Morgan fingerprint density at radius 1 is 1.21 bits per heavy atom. The first-order valence-electron chi connectivity index (χ1n) is 8.82. The minimum atomic E-state index is -3.86. The van der Waals surface area contributed by atoms with Crippen LogP contribution in [0, 0.1) is 17.6 Å². The summed E-state index contributed by atoms with van der Waals surface area (Å²) in [5.41, 5.74) is 0.107. The second kappa shape index (κ2) is 8.64. The Kier molecular flexibility index (Phi) is 6.40. The normalized spacial score (nSPS) is 17.7. The van der Waals surface area contributed by atoms with Gasteiger partial charge in [-0.1, -0.05) is 11.6 Å². The molecule has 0 aliphatic carbocycles. The summed E-state index contributed by atoms with van der Waals surface area (Å²) in [5, 5.41) is 2.68. The van der Waals surface area contributed by atoms with Crippen LogP contribution in [0.1, 0.15) is 12.8 Å². The Bertz CT molecular complexity index is 1030. The first-order valence-corrected chi connectivity index (χ1v) is 10.6. The fourth-order valence-electron chi connectivity index (χ4n) is 3.15. The molecule has 156 valence electrons. The molecule has 1 N–H and O–H groups in total. The van der Waals surface area contributed by atoms with E-state index in [-0.39, 0.29) is 28.7 Å². The molecule has 1 aliphatic rings. The number of carbonyl (C=O) groups is 1. The van der Waals surface area contributed by atoms with Gasteiger partial charge in [-0.3, -0.25) is 4.79 Å². The molecule has 0 spiro atoms. The maximum Gasteiger partial charge on any atom is 0.243 e. The molecule has 1 amide bonds. The van der Waals surface area contributed by atoms with Crippen molar-refractivity contribution in [3.05, 3.63) is 53.1 Å². The lowest BCUT2D eigenvalue weighted by Crippen LogP contribution is -2.43. The van der Waals surface area contributed by atoms with E-state index in [0.29, 0.717) is 18.6 Å². The fourth-order valence-corrected chi connectivity index (χ4v) is 5.02. The Morgan fingerprint density at radius 3 is 2.62 bits per heavy atom. The fraction of sp³-hybridized carbons (Fsp3) is 0.316. The van der Waals surface area contributed by atoms with Gasteiger partial charge in [0, 0.05) is 24.8 Å². The third-order valence-electron chi connectivity index (χ3n) is 4.70. The number of hydrogen-bond acceptors (Lipinski definition) is 4. The van der Waals surface area contributed by atoms with Crippen LogP contribution >= 0.6 is 11.6 Å². The van der Waals surface area contributed by atoms with Crippen LogP contribution in [0.25, 0.3) is 0 Å². The topological polar surface area (TPSA) is 75.7 Å². The van der Waals surface area contributed by atoms with Gasteiger partial charge in [-0.2, -0.15) is 4.31 Å². The van der Waals surface area contributed by atoms with Crippen molar-refractivity contribution in [2.24, 2.45) is 5.92 Å². The largest absolute Gasteiger partial charge is 0.495 e. The third kappa shape index (κ3) is 4.68. The summed E-state index contributed by atoms with van der Waals surface area (Å²) in [5.74, 6) is -2.82. The van der Waals surface area contributed by atoms with Gasteiger partial charge in [-0.05, 0) is 43.2 Å². The molecular weight excluding hydrogens is 426 g/mol. The number of sulfonamides is 1. The van der Waals surface area contributed by atoms with Crippen molar-refractivity contribution in [2.45, 2.75) is 17.7 Å². The van der Waals surface area contributed by atoms with E-state index in [1.807, 2.05) is 0 Å². The Hall–Kier alpha value is -2.23. The molecule has 1 fully saturated rings. The molecule has 1 aliphatic heterocycles. The molecule has 0 bridgehead atoms. The SMILES string of the molecule is COc1ccc(S(=O)(=O)N2CCCC(C(=O)Nc3ccc(F)c(F)c3)C2)cc1Cl. The molecule has 2 aromatic rings. The smallest absolute Gasteiger partial charge is 0.243 e. The summed E-state index contributed by atoms with van der Waals surface area (Å²) in [4.78, 5) is 12.5. The van der Waals surface area contributed by atoms with Gasteiger partial charge in [-0.15, -0.1) is 0 Å². The number of benzene rings is 2. The monoisotopic (exact) mass is 444 g/mol. The first-order chi connectivity index (χ1) is 13.7. The predicted molar refractivity (Wildman–Crippen MR) is 104 cm³/mol. The number of methoxy groups -OCH3 is 1. The highest BCUT2D eigenvalue weighted by Gasteiger charge is 2.33. The number of nitrogens with one attached hydrogen (secondary N) is 1. The van der Waals surface area contributed by atoms with Crippen LogP contribution in [0.5, 0.6) is 5.75 Å². The highest BCUT2D eigenvalue weighted by molar-refractivity contribution is 7.89. The van der Waals surface area contributed by atoms with Crippen molar-refractivity contribution in [1.82, 2.24) is 4.31 Å². The molecule has 2 aromatic carbocycles. The summed E-state index contributed by atoms with van der Waals surface area (Å²) in [6, 6.07) is 7.20. The standard InChI is InChI=1S/C19H19ClF2N2O4S/c1-28-18-7-5-14(10-15(18)20)29(26,27)24-8-2-3-12(11-24)19(25)23-13-4-6-16(21)17(22)9-13/h4-7,9-10,12H,2-3,8,11H2,1H3,(H,23,25). The molecule has 0 radical (unpaired) electrons. The van der Waals surface area contributed by atoms with Crippen LogP contribution < -0.4 is 10.1 Å². The third-order valence-corrected chi connectivity index (χ3v) is 6.86. The molecule has 10 heteroatoms. The lowest BCUT2D eigenvalue weighted by Gasteiger charge is -2.31. The van der Waals surface area contributed by atoms with Crippen LogP contribution in [0.2, 0.25) is 5.02 Å². The number of ether oxygens (including phenoxy) is 1. The van der Waals surface area contributed by atoms with E-state index >= 15 is 0 Å². The lowest BCUT2D eigenvalue weighted by molar-refractivity contribution is -0.120. The van der Waals surface area contributed by atoms with Crippen molar-refractivity contribution in [3.63, 3.8) is 0 Å². The van der Waals surface area contributed by atoms with Crippen LogP contribution in [-0.4, -0.2) is 38.8 Å². The summed E-state index contributed by atoms with van der Waals surface area (Å²) in [6.45, 7) is 0.239. The molecule has 6 nitrogen and oxygen atoms in total. The number of anilines is 1. The van der Waals surface area contributed by atoms with Gasteiger partial charge in [0.1, 0.15) is 5.75 Å². The maximum atomic E-state index is 13.3. The van der Waals surface area contributed by atoms with E-state index < -0.39 is 33.5 Å². The highest BCUT2D eigenvalue weighted by atomic mass is 35.5. The van der Waals surface area contributed by atoms with Crippen LogP contribution in [-0.2, 0) is 14.8 Å². The van der Waals surface area contributed by atoms with E-state index in [4.69, 9.17) is 16.3 Å². The van der Waals surface area contributed by atoms with Gasteiger partial charge in [0.15, 0.2) is 11.6 Å². The zero-order chi connectivity index (χ0) is 21.2. The molecule has 0 saturated carbocycles. The number of carbonyl (C=O) groups excluding carboxylic acids is 1. The second-order valence-corrected chi connectivity index (χ2v) is 8.96. The average Bonchev–Trinajstić information content (AvgIpc) is 2.70. The maximum absolute atomic E-state index is 13.3. The Labute approximate surface area is 172 Å². The lowest BCUT2D eigenvalue weighted by atomic mass is 9.98. The van der Waals surface area contributed by atoms with Gasteiger partial charge < -0.3 is 10.1 Å². The minimum absolute atomic E-state index is 0.00460. The molecule has 29 heavy (non-hydrogen) atoms. The molecular formula is C19H19ClF2N2O4S. The average molecular weight is 445 g/mol. The number of rotatable bonds is 5. The summed E-state index contributed by atoms with van der Waals surface area (Å²) < 4.78 is 58.5. The zero-order valence-corrected chi connectivity index (χ0v) is 17.1. The second-order valence-electron chi connectivity index (χ2n) is 6.62. The molecule has 3 rings (SSSR count). The number of halogens is 3. The minimum Gasteiger partial charge on any atom is -0.495 e. The first kappa shape index (κ1) is 21.5. The van der Waals surface area contributed by atoms with Crippen molar-refractivity contribution >= 4 is 33.2 Å². The number of hydrogen-bond donors (Lipinski definition) is 1. The van der Waals surface area contributed by atoms with E-state index in [9.17, 15) is 22.0 Å². The number of piperidine rings is 1. The Balaban J connectivity index is 1.74. The zero-order valence-electron chi connectivity index (χ0n) is 15.5. The van der Waals surface area contributed by atoms with E-state index in [1.165, 1.54) is 35.7 Å². The van der Waals surface area contributed by atoms with Gasteiger partial charge in [0.25, 0.3) is 0 Å². The molecule has 1 atom stereocenters. The van der Waals surface area contributed by atoms with Crippen molar-refractivity contribution in [2.75, 3.05) is 25.5 Å². The van der Waals surface area contributed by atoms with Gasteiger partial charge >= 0.3 is 0 Å². The van der Waals surface area contributed by atoms with E-state index in [0.717, 1.165) is 12.1 Å². The van der Waals surface area contributed by atoms with Crippen molar-refractivity contribution in [3.8, 4) is 5.75 Å². The van der Waals surface area contributed by atoms with Gasteiger partial charge in [0.05, 0.1) is 22.9 Å². The predicted octanol–water partition coefficient (Wildman–Crippen LogP) is 3.67. The molecule has 1 unspecified atom stereocenters. The summed E-state index contributed by atoms with van der Waals surface area (Å²) >= 11 is 6.04. The van der Waals surface area contributed by atoms with Crippen LogP contribution in [0.3, 0.4) is 0 Å². The van der Waals surface area contributed by atoms with Crippen molar-refractivity contribution < 1.29 is 26.7 Å². The molecule has 0 aromatic heterocycles. The summed E-state index contributed by atoms with van der Waals surface area (Å²) in [6.07, 6.45) is 0.962. The van der Waals surface area contributed by atoms with Crippen LogP contribution in [0.4, 0.5) is 14.5 Å². The van der Waals surface area contributed by atoms with E-state index in [2.05, 4.69) is 5.32 Å². The quantitative estimate of drug-likeness (QED) is 0.763. The van der Waals surface area contributed by atoms with E-state index in [1.54, 1.807) is 0 Å². The van der Waals surface area contributed by atoms with Gasteiger partial charge in [0.2, 0.25) is 15.9 Å². The molecule has 1 saturated heterocycles. The summed E-state index contributed by atoms with van der Waals surface area (Å²) in [7, 11) is -2.43. The van der Waals surface area contributed by atoms with Crippen LogP contribution in [0.15, 0.2) is 41.3 Å². The Morgan fingerprint density at radius 2 is 1.97 bits per heavy atom. The number of nitrogens with zero attached hydrogens (tertiary/aromatic N) is 1. The molecule has 1 heterocycles. The highest BCUT2D eigenvalue weighted by Crippen LogP contribution is 2.30. The number of amides is 1. The van der Waals surface area contributed by atoms with Crippen molar-refractivity contribution in [1.29, 1.82) is 0 Å².